The van der Waals surface area contributed by atoms with Crippen LogP contribution in [0.15, 0.2) is 77.3 Å². The summed E-state index contributed by atoms with van der Waals surface area (Å²) in [7, 11) is 0. The highest BCUT2D eigenvalue weighted by Gasteiger charge is 2.51. The summed E-state index contributed by atoms with van der Waals surface area (Å²) in [5, 5.41) is 5.29. The largest absolute Gasteiger partial charge is 0.0616 e. The molecule has 4 aliphatic rings. The van der Waals surface area contributed by atoms with E-state index in [1.165, 1.54) is 75.7 Å². The Morgan fingerprint density at radius 1 is 0.613 bits per heavy atom. The van der Waals surface area contributed by atoms with Gasteiger partial charge in [-0.2, -0.15) is 0 Å². The summed E-state index contributed by atoms with van der Waals surface area (Å²) in [5.74, 6) is 2.93. The fraction of sp³-hybridized carbons (Fsp3) is 0.333. The molecule has 0 radical (unpaired) electrons. The molecule has 8 rings (SSSR count). The van der Waals surface area contributed by atoms with Crippen molar-refractivity contribution in [1.29, 1.82) is 0 Å². The van der Waals surface area contributed by atoms with Crippen molar-refractivity contribution in [2.45, 2.75) is 43.9 Å². The van der Waals surface area contributed by atoms with E-state index in [4.69, 9.17) is 0 Å². The minimum atomic E-state index is 0.436. The zero-order valence-corrected chi connectivity index (χ0v) is 19.4. The van der Waals surface area contributed by atoms with E-state index >= 15 is 0 Å². The molecule has 0 saturated heterocycles. The monoisotopic (exact) mass is 466 g/mol. The third-order valence-corrected chi connectivity index (χ3v) is 9.52. The minimum absolute atomic E-state index is 0.436. The number of halogens is 1. The molecule has 4 bridgehead atoms. The molecule has 154 valence electrons. The Hall–Kier alpha value is -2.12. The van der Waals surface area contributed by atoms with Gasteiger partial charge in [-0.15, -0.1) is 0 Å². The Morgan fingerprint density at radius 2 is 1.13 bits per heavy atom. The maximum Gasteiger partial charge on any atom is 0.0332 e. The molecule has 4 aromatic carbocycles. The van der Waals surface area contributed by atoms with Crippen molar-refractivity contribution in [3.63, 3.8) is 0 Å². The first-order valence-corrected chi connectivity index (χ1v) is 12.7. The highest BCUT2D eigenvalue weighted by molar-refractivity contribution is 9.10. The molecule has 1 heteroatoms. The van der Waals surface area contributed by atoms with Crippen molar-refractivity contribution in [3.8, 4) is 11.1 Å². The van der Waals surface area contributed by atoms with Gasteiger partial charge in [0.1, 0.15) is 0 Å². The Kier molecular flexibility index (Phi) is 3.98. The van der Waals surface area contributed by atoms with Crippen LogP contribution in [0, 0.1) is 17.8 Å². The van der Waals surface area contributed by atoms with Crippen LogP contribution in [-0.2, 0) is 5.41 Å². The van der Waals surface area contributed by atoms with E-state index < -0.39 is 0 Å². The molecule has 0 spiro atoms. The molecule has 4 fully saturated rings. The van der Waals surface area contributed by atoms with Crippen molar-refractivity contribution in [2.75, 3.05) is 0 Å². The molecule has 0 N–H and O–H groups in total. The van der Waals surface area contributed by atoms with Crippen LogP contribution in [-0.4, -0.2) is 0 Å². The molecule has 0 amide bonds. The maximum atomic E-state index is 3.91. The summed E-state index contributed by atoms with van der Waals surface area (Å²) in [4.78, 5) is 0. The second-order valence-electron chi connectivity index (χ2n) is 10.6. The van der Waals surface area contributed by atoms with E-state index in [1.807, 2.05) is 0 Å². The number of hydrogen-bond acceptors (Lipinski definition) is 0. The lowest BCUT2D eigenvalue weighted by Gasteiger charge is -2.57. The Labute approximate surface area is 192 Å². The average Bonchev–Trinajstić information content (AvgIpc) is 2.79. The standard InChI is InChI=1S/C30H27Br/c31-29-26-10-3-1-8-24(26)28(25-9-2-4-11-27(25)29)22-6-5-7-23(15-22)30-16-19-12-20(17-30)14-21(13-19)18-30/h1-11,15,19-21H,12-14,16-18H2. The summed E-state index contributed by atoms with van der Waals surface area (Å²) in [6.07, 6.45) is 8.77. The van der Waals surface area contributed by atoms with E-state index in [2.05, 4.69) is 88.7 Å². The molecular weight excluding hydrogens is 440 g/mol. The molecule has 4 aliphatic carbocycles. The topological polar surface area (TPSA) is 0 Å². The van der Waals surface area contributed by atoms with E-state index in [9.17, 15) is 0 Å². The minimum Gasteiger partial charge on any atom is -0.0616 e. The first-order valence-electron chi connectivity index (χ1n) is 11.9. The van der Waals surface area contributed by atoms with Crippen LogP contribution in [0.3, 0.4) is 0 Å². The van der Waals surface area contributed by atoms with Gasteiger partial charge >= 0.3 is 0 Å². The van der Waals surface area contributed by atoms with Crippen molar-refractivity contribution < 1.29 is 0 Å². The quantitative estimate of drug-likeness (QED) is 0.258. The third kappa shape index (κ3) is 2.72. The van der Waals surface area contributed by atoms with Crippen LogP contribution in [0.2, 0.25) is 0 Å². The zero-order chi connectivity index (χ0) is 20.6. The van der Waals surface area contributed by atoms with Gasteiger partial charge in [0.25, 0.3) is 0 Å². The van der Waals surface area contributed by atoms with Crippen LogP contribution < -0.4 is 0 Å². The first-order chi connectivity index (χ1) is 15.2. The van der Waals surface area contributed by atoms with E-state index in [0.717, 1.165) is 17.8 Å². The maximum absolute atomic E-state index is 3.91. The van der Waals surface area contributed by atoms with Crippen LogP contribution in [0.5, 0.6) is 0 Å². The molecule has 4 saturated carbocycles. The Balaban J connectivity index is 1.46. The van der Waals surface area contributed by atoms with Gasteiger partial charge in [-0.05, 0) is 116 Å². The van der Waals surface area contributed by atoms with Crippen molar-refractivity contribution in [3.05, 3.63) is 82.8 Å². The second-order valence-corrected chi connectivity index (χ2v) is 11.4. The molecule has 0 aromatic heterocycles. The summed E-state index contributed by atoms with van der Waals surface area (Å²) < 4.78 is 1.21. The molecule has 0 unspecified atom stereocenters. The van der Waals surface area contributed by atoms with Crippen LogP contribution >= 0.6 is 15.9 Å². The van der Waals surface area contributed by atoms with Crippen LogP contribution in [0.1, 0.15) is 44.1 Å². The van der Waals surface area contributed by atoms with Gasteiger partial charge in [-0.3, -0.25) is 0 Å². The summed E-state index contributed by atoms with van der Waals surface area (Å²) in [5.41, 5.74) is 4.82. The smallest absolute Gasteiger partial charge is 0.0332 e. The Morgan fingerprint density at radius 3 is 1.68 bits per heavy atom. The predicted octanol–water partition coefficient (Wildman–Crippen LogP) is 8.89. The van der Waals surface area contributed by atoms with Gasteiger partial charge in [-0.25, -0.2) is 0 Å². The second kappa shape index (κ2) is 6.69. The lowest BCUT2D eigenvalue weighted by atomic mass is 9.48. The van der Waals surface area contributed by atoms with Crippen molar-refractivity contribution in [1.82, 2.24) is 0 Å². The average molecular weight is 467 g/mol. The zero-order valence-electron chi connectivity index (χ0n) is 17.8. The third-order valence-electron chi connectivity index (χ3n) is 8.67. The van der Waals surface area contributed by atoms with Gasteiger partial charge in [-0.1, -0.05) is 72.8 Å². The molecule has 0 aliphatic heterocycles. The number of fused-ring (bicyclic) bond motifs is 2. The lowest BCUT2D eigenvalue weighted by molar-refractivity contribution is -0.00516. The van der Waals surface area contributed by atoms with E-state index in [0.29, 0.717) is 5.41 Å². The first kappa shape index (κ1) is 18.5. The van der Waals surface area contributed by atoms with Gasteiger partial charge in [0.2, 0.25) is 0 Å². The molecular formula is C30H27Br. The number of benzene rings is 4. The van der Waals surface area contributed by atoms with E-state index in [1.54, 1.807) is 5.56 Å². The number of rotatable bonds is 2. The van der Waals surface area contributed by atoms with Crippen LogP contribution in [0.25, 0.3) is 32.7 Å². The normalized spacial score (nSPS) is 29.1. The highest BCUT2D eigenvalue weighted by atomic mass is 79.9. The highest BCUT2D eigenvalue weighted by Crippen LogP contribution is 2.61. The van der Waals surface area contributed by atoms with Crippen LogP contribution in [0.4, 0.5) is 0 Å². The molecule has 0 nitrogen and oxygen atoms in total. The molecule has 0 atom stereocenters. The molecule has 0 heterocycles. The summed E-state index contributed by atoms with van der Waals surface area (Å²) in [6, 6.07) is 27.4. The Bertz CT molecular complexity index is 1240. The van der Waals surface area contributed by atoms with Gasteiger partial charge in [0.05, 0.1) is 0 Å². The fourth-order valence-electron chi connectivity index (χ4n) is 7.85. The van der Waals surface area contributed by atoms with Crippen molar-refractivity contribution in [2.24, 2.45) is 17.8 Å². The van der Waals surface area contributed by atoms with Gasteiger partial charge in [0.15, 0.2) is 0 Å². The SMILES string of the molecule is Brc1c2ccccc2c(-c2cccc(C34CC5CC(CC(C5)C3)C4)c2)c2ccccc12. The summed E-state index contributed by atoms with van der Waals surface area (Å²) >= 11 is 3.91. The van der Waals surface area contributed by atoms with Gasteiger partial charge < -0.3 is 0 Å². The predicted molar refractivity (Wildman–Crippen MR) is 134 cm³/mol. The van der Waals surface area contributed by atoms with Gasteiger partial charge in [0, 0.05) is 4.47 Å². The number of hydrogen-bond donors (Lipinski definition) is 0. The summed E-state index contributed by atoms with van der Waals surface area (Å²) in [6.45, 7) is 0. The molecule has 4 aromatic rings. The van der Waals surface area contributed by atoms with Crippen molar-refractivity contribution >= 4 is 37.5 Å². The fourth-order valence-corrected chi connectivity index (χ4v) is 8.55. The molecule has 31 heavy (non-hydrogen) atoms. The lowest BCUT2D eigenvalue weighted by Crippen LogP contribution is -2.48. The van der Waals surface area contributed by atoms with E-state index in [-0.39, 0.29) is 0 Å².